The Labute approximate surface area is 146 Å². The van der Waals surface area contributed by atoms with E-state index in [1.165, 1.54) is 0 Å². The summed E-state index contributed by atoms with van der Waals surface area (Å²) in [5.41, 5.74) is -2.04. The number of hydrogen-bond acceptors (Lipinski definition) is 5. The molecule has 4 aliphatic rings. The number of nitrogens with one attached hydrogen (secondary N) is 1. The molecule has 3 saturated heterocycles. The van der Waals surface area contributed by atoms with Gasteiger partial charge in [-0.05, 0) is 11.5 Å². The van der Waals surface area contributed by atoms with Crippen molar-refractivity contribution < 1.29 is 9.47 Å². The molecule has 6 nitrogen and oxygen atoms in total. The van der Waals surface area contributed by atoms with Gasteiger partial charge in [0.05, 0.1) is 24.2 Å². The molecule has 5 atom stereocenters. The van der Waals surface area contributed by atoms with Gasteiger partial charge in [-0.15, -0.1) is 0 Å². The lowest BCUT2D eigenvalue weighted by Gasteiger charge is -2.61. The Kier molecular flexibility index (Phi) is 2.96. The minimum absolute atomic E-state index is 0.0385. The number of fused-ring (bicyclic) bond motifs is 1. The number of nitrogens with zero attached hydrogens (tertiary/aromatic N) is 3. The first kappa shape index (κ1) is 15.8. The summed E-state index contributed by atoms with van der Waals surface area (Å²) in [5, 5.41) is 29.0. The molecule has 4 aliphatic heterocycles. The van der Waals surface area contributed by atoms with E-state index in [2.05, 4.69) is 17.1 Å². The Bertz CT molecular complexity index is 881. The van der Waals surface area contributed by atoms with E-state index in [0.29, 0.717) is 0 Å². The van der Waals surface area contributed by atoms with Crippen LogP contribution in [-0.2, 0) is 9.47 Å². The average Bonchev–Trinajstić information content (AvgIpc) is 2.79. The molecule has 1 N–H and O–H groups in total. The standard InChI is InChI=1S/C19H18N4O2/c1-11(2)14-19(10-21)16-23-15(22)18(19,9-20)13(17(3,24-14)25-16)12-7-5-4-6-8-12/h4-8,11,13-14,22H,1-3H3. The first-order chi connectivity index (χ1) is 11.9. The SMILES string of the molecule is CC(C)C1OC2(C)OC3=NC(=N)C(C#N)(C2c2ccccc2)C31C#N. The Hall–Kier alpha value is -2.70. The van der Waals surface area contributed by atoms with Gasteiger partial charge in [-0.3, -0.25) is 5.41 Å². The van der Waals surface area contributed by atoms with E-state index in [0.717, 1.165) is 5.56 Å². The van der Waals surface area contributed by atoms with Crippen LogP contribution in [0.5, 0.6) is 0 Å². The molecule has 3 fully saturated rings. The maximum Gasteiger partial charge on any atom is 0.218 e. The van der Waals surface area contributed by atoms with E-state index in [-0.39, 0.29) is 17.7 Å². The van der Waals surface area contributed by atoms with Crippen molar-refractivity contribution in [2.75, 3.05) is 0 Å². The topological polar surface area (TPSA) is 102 Å². The highest BCUT2D eigenvalue weighted by molar-refractivity contribution is 6.13. The van der Waals surface area contributed by atoms with E-state index in [4.69, 9.17) is 14.9 Å². The Morgan fingerprint density at radius 2 is 1.80 bits per heavy atom. The van der Waals surface area contributed by atoms with Crippen LogP contribution in [0.1, 0.15) is 32.3 Å². The van der Waals surface area contributed by atoms with Crippen molar-refractivity contribution in [2.45, 2.75) is 38.6 Å². The van der Waals surface area contributed by atoms with Crippen molar-refractivity contribution in [3.8, 4) is 12.1 Å². The van der Waals surface area contributed by atoms with Crippen molar-refractivity contribution in [3.05, 3.63) is 35.9 Å². The summed E-state index contributed by atoms with van der Waals surface area (Å²) in [4.78, 5) is 4.23. The zero-order valence-electron chi connectivity index (χ0n) is 14.3. The van der Waals surface area contributed by atoms with Crippen molar-refractivity contribution in [2.24, 2.45) is 21.7 Å². The van der Waals surface area contributed by atoms with Gasteiger partial charge in [0, 0.05) is 6.92 Å². The predicted octanol–water partition coefficient (Wildman–Crippen LogP) is 2.98. The maximum absolute atomic E-state index is 10.3. The first-order valence-electron chi connectivity index (χ1n) is 8.30. The third-order valence-electron chi connectivity index (χ3n) is 5.68. The van der Waals surface area contributed by atoms with Gasteiger partial charge in [0.25, 0.3) is 0 Å². The van der Waals surface area contributed by atoms with Crippen LogP contribution in [0.4, 0.5) is 0 Å². The molecular formula is C19H18N4O2. The summed E-state index contributed by atoms with van der Waals surface area (Å²) in [6, 6.07) is 14.0. The van der Waals surface area contributed by atoms with Gasteiger partial charge in [-0.2, -0.15) is 15.5 Å². The van der Waals surface area contributed by atoms with Crippen LogP contribution in [0.2, 0.25) is 0 Å². The molecule has 5 rings (SSSR count). The fourth-order valence-corrected chi connectivity index (χ4v) is 4.76. The summed E-state index contributed by atoms with van der Waals surface area (Å²) < 4.78 is 12.3. The van der Waals surface area contributed by atoms with Gasteiger partial charge in [-0.1, -0.05) is 44.2 Å². The number of hydrogen-bond donors (Lipinski definition) is 1. The Balaban J connectivity index is 2.07. The summed E-state index contributed by atoms with van der Waals surface area (Å²) in [6.07, 6.45) is -0.572. The van der Waals surface area contributed by atoms with Gasteiger partial charge in [0.1, 0.15) is 5.84 Å². The van der Waals surface area contributed by atoms with Crippen molar-refractivity contribution >= 4 is 11.7 Å². The van der Waals surface area contributed by atoms with Crippen LogP contribution in [0.3, 0.4) is 0 Å². The molecule has 1 aromatic rings. The number of rotatable bonds is 2. The minimum atomic E-state index is -1.43. The second-order valence-electron chi connectivity index (χ2n) is 7.35. The summed E-state index contributed by atoms with van der Waals surface area (Å²) in [6.45, 7) is 5.67. The molecule has 25 heavy (non-hydrogen) atoms. The smallest absolute Gasteiger partial charge is 0.218 e. The van der Waals surface area contributed by atoms with Gasteiger partial charge in [0.15, 0.2) is 10.8 Å². The van der Waals surface area contributed by atoms with Crippen molar-refractivity contribution in [1.82, 2.24) is 0 Å². The molecular weight excluding hydrogens is 316 g/mol. The number of aliphatic imine (C=N–C) groups is 1. The van der Waals surface area contributed by atoms with Crippen LogP contribution in [0, 0.1) is 44.8 Å². The van der Waals surface area contributed by atoms with Crippen molar-refractivity contribution in [1.29, 1.82) is 15.9 Å². The largest absolute Gasteiger partial charge is 0.447 e. The van der Waals surface area contributed by atoms with Crippen LogP contribution >= 0.6 is 0 Å². The van der Waals surface area contributed by atoms with E-state index in [1.54, 1.807) is 6.92 Å². The Morgan fingerprint density at radius 3 is 2.36 bits per heavy atom. The van der Waals surface area contributed by atoms with Crippen LogP contribution in [0.15, 0.2) is 35.3 Å². The van der Waals surface area contributed by atoms with Crippen LogP contribution in [0.25, 0.3) is 0 Å². The number of ether oxygens (including phenoxy) is 2. The highest BCUT2D eigenvalue weighted by Crippen LogP contribution is 2.69. The monoisotopic (exact) mass is 334 g/mol. The van der Waals surface area contributed by atoms with Gasteiger partial charge >= 0.3 is 0 Å². The summed E-state index contributed by atoms with van der Waals surface area (Å²) >= 11 is 0. The highest BCUT2D eigenvalue weighted by Gasteiger charge is 2.83. The summed E-state index contributed by atoms with van der Waals surface area (Å²) in [5.74, 6) is -1.78. The fraction of sp³-hybridized carbons (Fsp3) is 0.474. The second kappa shape index (κ2) is 4.68. The zero-order chi connectivity index (χ0) is 18.0. The van der Waals surface area contributed by atoms with E-state index in [9.17, 15) is 10.5 Å². The molecule has 0 spiro atoms. The molecule has 4 bridgehead atoms. The van der Waals surface area contributed by atoms with E-state index in [1.807, 2.05) is 44.2 Å². The second-order valence-corrected chi connectivity index (χ2v) is 7.35. The molecule has 0 aliphatic carbocycles. The third-order valence-corrected chi connectivity index (χ3v) is 5.68. The minimum Gasteiger partial charge on any atom is -0.447 e. The fourth-order valence-electron chi connectivity index (χ4n) is 4.76. The van der Waals surface area contributed by atoms with Gasteiger partial charge in [0.2, 0.25) is 11.7 Å². The van der Waals surface area contributed by atoms with Gasteiger partial charge < -0.3 is 9.47 Å². The molecule has 0 amide bonds. The lowest BCUT2D eigenvalue weighted by Crippen LogP contribution is -2.73. The molecule has 0 saturated carbocycles. The van der Waals surface area contributed by atoms with Crippen molar-refractivity contribution in [3.63, 3.8) is 0 Å². The Morgan fingerprint density at radius 1 is 1.16 bits per heavy atom. The highest BCUT2D eigenvalue weighted by atomic mass is 16.7. The molecule has 6 heteroatoms. The number of benzene rings is 1. The molecule has 5 unspecified atom stereocenters. The summed E-state index contributed by atoms with van der Waals surface area (Å²) in [7, 11) is 0. The van der Waals surface area contributed by atoms with E-state index < -0.39 is 28.6 Å². The molecule has 0 radical (unpaired) electrons. The quantitative estimate of drug-likeness (QED) is 0.898. The van der Waals surface area contributed by atoms with Crippen LogP contribution in [-0.4, -0.2) is 23.6 Å². The number of nitriles is 2. The van der Waals surface area contributed by atoms with E-state index >= 15 is 0 Å². The average molecular weight is 334 g/mol. The molecule has 4 heterocycles. The lowest BCUT2D eigenvalue weighted by atomic mass is 9.49. The van der Waals surface area contributed by atoms with Crippen LogP contribution < -0.4 is 0 Å². The number of amidine groups is 1. The third kappa shape index (κ3) is 1.52. The zero-order valence-corrected chi connectivity index (χ0v) is 14.3. The molecule has 126 valence electrons. The first-order valence-corrected chi connectivity index (χ1v) is 8.30. The normalized spacial score (nSPS) is 41.0. The molecule has 0 aromatic heterocycles. The predicted molar refractivity (Wildman–Crippen MR) is 89.6 cm³/mol. The molecule has 1 aromatic carbocycles. The lowest BCUT2D eigenvalue weighted by molar-refractivity contribution is -0.321. The van der Waals surface area contributed by atoms with Gasteiger partial charge in [-0.25, -0.2) is 0 Å². The maximum atomic E-state index is 10.3.